The Balaban J connectivity index is 1.74. The van der Waals surface area contributed by atoms with Gasteiger partial charge in [-0.3, -0.25) is 19.2 Å². The lowest BCUT2D eigenvalue weighted by Crippen LogP contribution is -2.58. The third-order valence-corrected chi connectivity index (χ3v) is 6.84. The molecule has 2 aliphatic heterocycles. The minimum atomic E-state index is -0.871. The van der Waals surface area contributed by atoms with Crippen LogP contribution in [0.4, 0.5) is 5.69 Å². The van der Waals surface area contributed by atoms with E-state index >= 15 is 0 Å². The van der Waals surface area contributed by atoms with Crippen LogP contribution >= 0.6 is 11.6 Å². The maximum atomic E-state index is 13.7. The molecule has 3 unspecified atom stereocenters. The summed E-state index contributed by atoms with van der Waals surface area (Å²) >= 11 is 6.06. The van der Waals surface area contributed by atoms with Crippen LogP contribution in [0.3, 0.4) is 0 Å². The van der Waals surface area contributed by atoms with Crippen molar-refractivity contribution in [3.8, 4) is 0 Å². The number of benzene rings is 1. The van der Waals surface area contributed by atoms with Gasteiger partial charge in [0.25, 0.3) is 5.91 Å². The van der Waals surface area contributed by atoms with Gasteiger partial charge in [0.05, 0.1) is 23.2 Å². The number of anilines is 1. The van der Waals surface area contributed by atoms with Gasteiger partial charge in [-0.05, 0) is 42.9 Å². The predicted octanol–water partition coefficient (Wildman–Crippen LogP) is 2.66. The topological polar surface area (TPSA) is 131 Å². The molecule has 3 rings (SSSR count). The Morgan fingerprint density at radius 1 is 1.29 bits per heavy atom. The summed E-state index contributed by atoms with van der Waals surface area (Å²) in [7, 11) is 0. The molecule has 1 aromatic rings. The zero-order valence-electron chi connectivity index (χ0n) is 20.7. The zero-order chi connectivity index (χ0) is 25.9. The smallest absolute Gasteiger partial charge is 0.308 e. The second kappa shape index (κ2) is 10.8. The standard InChI is InChI=1S/C25H35ClN4O5/c1-5-7-19-17(13-20(31)35-19)28-23(33)18-8-6-11-30(18)24(34)21(25(2,3)4)29-22(32)14-9-10-16(27)15(26)12-14/h9-10,12,17-19,21H,5-8,11,13,27H2,1-4H3,(H,28,33)(H,29,32)/t17?,18?,19-,21?/m0/s1. The first-order valence-corrected chi connectivity index (χ1v) is 12.5. The number of nitrogens with two attached hydrogens (primary N) is 1. The molecule has 2 saturated heterocycles. The van der Waals surface area contributed by atoms with Gasteiger partial charge in [0, 0.05) is 12.1 Å². The van der Waals surface area contributed by atoms with Crippen LogP contribution in [0.2, 0.25) is 5.02 Å². The minimum absolute atomic E-state index is 0.127. The van der Waals surface area contributed by atoms with Crippen molar-refractivity contribution in [1.82, 2.24) is 15.5 Å². The van der Waals surface area contributed by atoms with Gasteiger partial charge in [-0.2, -0.15) is 0 Å². The van der Waals surface area contributed by atoms with Crippen molar-refractivity contribution in [2.75, 3.05) is 12.3 Å². The van der Waals surface area contributed by atoms with E-state index in [1.54, 1.807) is 6.07 Å². The lowest BCUT2D eigenvalue weighted by Gasteiger charge is -2.35. The van der Waals surface area contributed by atoms with Gasteiger partial charge in [0.15, 0.2) is 0 Å². The van der Waals surface area contributed by atoms with E-state index in [-0.39, 0.29) is 40.9 Å². The van der Waals surface area contributed by atoms with Crippen LogP contribution in [0.15, 0.2) is 18.2 Å². The molecule has 2 aliphatic rings. The Morgan fingerprint density at radius 2 is 2.00 bits per heavy atom. The van der Waals surface area contributed by atoms with E-state index in [0.29, 0.717) is 31.5 Å². The molecule has 0 saturated carbocycles. The van der Waals surface area contributed by atoms with E-state index in [1.165, 1.54) is 17.0 Å². The highest BCUT2D eigenvalue weighted by molar-refractivity contribution is 6.33. The van der Waals surface area contributed by atoms with Gasteiger partial charge in [-0.1, -0.05) is 45.7 Å². The summed E-state index contributed by atoms with van der Waals surface area (Å²) in [5, 5.41) is 6.02. The fraction of sp³-hybridized carbons (Fsp3) is 0.600. The number of nitrogen functional groups attached to an aromatic ring is 1. The lowest BCUT2D eigenvalue weighted by atomic mass is 9.85. The number of ether oxygens (including phenoxy) is 1. The number of cyclic esters (lactones) is 1. The first-order chi connectivity index (χ1) is 16.4. The molecule has 10 heteroatoms. The summed E-state index contributed by atoms with van der Waals surface area (Å²) in [5.74, 6) is -1.41. The molecule has 2 heterocycles. The van der Waals surface area contributed by atoms with E-state index in [2.05, 4.69) is 10.6 Å². The van der Waals surface area contributed by atoms with Gasteiger partial charge in [0.1, 0.15) is 18.2 Å². The number of nitrogens with zero attached hydrogens (tertiary/aromatic N) is 1. The number of nitrogens with one attached hydrogen (secondary N) is 2. The monoisotopic (exact) mass is 506 g/mol. The number of carbonyl (C=O) groups excluding carboxylic acids is 4. The Kier molecular flexibility index (Phi) is 8.30. The number of carbonyl (C=O) groups is 4. The molecule has 9 nitrogen and oxygen atoms in total. The average Bonchev–Trinajstić information content (AvgIpc) is 3.39. The molecule has 4 N–H and O–H groups in total. The first-order valence-electron chi connectivity index (χ1n) is 12.1. The van der Waals surface area contributed by atoms with Crippen molar-refractivity contribution in [3.05, 3.63) is 28.8 Å². The van der Waals surface area contributed by atoms with Crippen LogP contribution in [0.1, 0.15) is 70.2 Å². The summed E-state index contributed by atoms with van der Waals surface area (Å²) in [6.07, 6.45) is 2.44. The zero-order valence-corrected chi connectivity index (χ0v) is 21.5. The van der Waals surface area contributed by atoms with Gasteiger partial charge in [0.2, 0.25) is 11.8 Å². The van der Waals surface area contributed by atoms with E-state index in [0.717, 1.165) is 6.42 Å². The fourth-order valence-electron chi connectivity index (χ4n) is 4.58. The van der Waals surface area contributed by atoms with Gasteiger partial charge in [-0.15, -0.1) is 0 Å². The summed E-state index contributed by atoms with van der Waals surface area (Å²) < 4.78 is 5.34. The number of rotatable bonds is 7. The Morgan fingerprint density at radius 3 is 2.63 bits per heavy atom. The van der Waals surface area contributed by atoms with Crippen LogP contribution in [0.25, 0.3) is 0 Å². The van der Waals surface area contributed by atoms with Crippen molar-refractivity contribution in [1.29, 1.82) is 0 Å². The molecule has 0 bridgehead atoms. The van der Waals surface area contributed by atoms with E-state index in [9.17, 15) is 19.2 Å². The maximum absolute atomic E-state index is 13.7. The molecule has 2 fully saturated rings. The summed E-state index contributed by atoms with van der Waals surface area (Å²) in [6, 6.07) is 2.60. The number of hydrogen-bond acceptors (Lipinski definition) is 6. The van der Waals surface area contributed by atoms with Crippen LogP contribution in [-0.4, -0.2) is 59.4 Å². The molecule has 4 atom stereocenters. The van der Waals surface area contributed by atoms with Crippen molar-refractivity contribution in [2.24, 2.45) is 5.41 Å². The second-order valence-electron chi connectivity index (χ2n) is 10.3. The highest BCUT2D eigenvalue weighted by Crippen LogP contribution is 2.28. The third-order valence-electron chi connectivity index (χ3n) is 6.51. The molecule has 0 aliphatic carbocycles. The summed E-state index contributed by atoms with van der Waals surface area (Å²) in [6.45, 7) is 7.96. The van der Waals surface area contributed by atoms with Gasteiger partial charge < -0.3 is 26.0 Å². The number of hydrogen-bond donors (Lipinski definition) is 3. The highest BCUT2D eigenvalue weighted by Gasteiger charge is 2.43. The average molecular weight is 507 g/mol. The van der Waals surface area contributed by atoms with Crippen LogP contribution < -0.4 is 16.4 Å². The lowest BCUT2D eigenvalue weighted by molar-refractivity contribution is -0.142. The maximum Gasteiger partial charge on any atom is 0.308 e. The largest absolute Gasteiger partial charge is 0.460 e. The van der Waals surface area contributed by atoms with Crippen molar-refractivity contribution in [2.45, 2.75) is 84.0 Å². The van der Waals surface area contributed by atoms with E-state index in [4.69, 9.17) is 22.1 Å². The normalized spacial score (nSPS) is 23.1. The first kappa shape index (κ1) is 26.8. The molecule has 3 amide bonds. The Bertz CT molecular complexity index is 993. The number of likely N-dealkylation sites (tertiary alicyclic amines) is 1. The van der Waals surface area contributed by atoms with Crippen molar-refractivity contribution >= 4 is 41.0 Å². The summed E-state index contributed by atoms with van der Waals surface area (Å²) in [5.41, 5.74) is 5.76. The van der Waals surface area contributed by atoms with Crippen molar-refractivity contribution < 1.29 is 23.9 Å². The molecule has 0 aromatic heterocycles. The van der Waals surface area contributed by atoms with E-state index < -0.39 is 29.4 Å². The number of halogens is 1. The van der Waals surface area contributed by atoms with Crippen LogP contribution in [-0.2, 0) is 19.1 Å². The molecular weight excluding hydrogens is 472 g/mol. The predicted molar refractivity (Wildman–Crippen MR) is 133 cm³/mol. The molecule has 0 radical (unpaired) electrons. The van der Waals surface area contributed by atoms with Gasteiger partial charge in [-0.25, -0.2) is 0 Å². The Labute approximate surface area is 211 Å². The quantitative estimate of drug-likeness (QED) is 0.385. The summed E-state index contributed by atoms with van der Waals surface area (Å²) in [4.78, 5) is 53.1. The van der Waals surface area contributed by atoms with Gasteiger partial charge >= 0.3 is 5.97 Å². The highest BCUT2D eigenvalue weighted by atomic mass is 35.5. The molecule has 192 valence electrons. The molecule has 1 aromatic carbocycles. The van der Waals surface area contributed by atoms with Crippen molar-refractivity contribution in [3.63, 3.8) is 0 Å². The fourth-order valence-corrected chi connectivity index (χ4v) is 4.76. The Hall–Kier alpha value is -2.81. The van der Waals surface area contributed by atoms with Crippen LogP contribution in [0.5, 0.6) is 0 Å². The van der Waals surface area contributed by atoms with Crippen LogP contribution in [0, 0.1) is 5.41 Å². The molecule has 35 heavy (non-hydrogen) atoms. The SMILES string of the molecule is CCC[C@@H]1OC(=O)CC1NC(=O)C1CCCN1C(=O)C(NC(=O)c1ccc(N)c(Cl)c1)C(C)(C)C. The molecule has 0 spiro atoms. The number of amides is 3. The van der Waals surface area contributed by atoms with E-state index in [1.807, 2.05) is 27.7 Å². The molecular formula is C25H35ClN4O5. The minimum Gasteiger partial charge on any atom is -0.460 e. The second-order valence-corrected chi connectivity index (χ2v) is 10.7. The number of esters is 1. The third kappa shape index (κ3) is 6.25.